The molecule has 0 bridgehead atoms. The zero-order valence-electron chi connectivity index (χ0n) is 15.6. The molecule has 1 aromatic carbocycles. The first-order chi connectivity index (χ1) is 13.2. The van der Waals surface area contributed by atoms with E-state index in [2.05, 4.69) is 22.1 Å². The Balaban J connectivity index is 1.37. The van der Waals surface area contributed by atoms with Gasteiger partial charge in [0.15, 0.2) is 11.5 Å². The van der Waals surface area contributed by atoms with E-state index < -0.39 is 0 Å². The van der Waals surface area contributed by atoms with E-state index in [0.29, 0.717) is 18.3 Å². The highest BCUT2D eigenvalue weighted by Gasteiger charge is 2.21. The molecule has 2 aliphatic rings. The van der Waals surface area contributed by atoms with Crippen molar-refractivity contribution in [1.82, 2.24) is 10.3 Å². The number of ether oxygens (including phenoxy) is 2. The van der Waals surface area contributed by atoms with Crippen LogP contribution in [-0.4, -0.2) is 30.3 Å². The first kappa shape index (κ1) is 17.6. The number of benzene rings is 1. The second-order valence-electron chi connectivity index (χ2n) is 7.02. The Morgan fingerprint density at radius 1 is 1.22 bits per heavy atom. The number of nitrogens with one attached hydrogen (secondary N) is 1. The number of nitrogens with zero attached hydrogens (tertiary/aromatic N) is 2. The van der Waals surface area contributed by atoms with Crippen LogP contribution in [0.15, 0.2) is 36.5 Å². The fourth-order valence-electron chi connectivity index (χ4n) is 3.78. The van der Waals surface area contributed by atoms with Crippen molar-refractivity contribution in [2.45, 2.75) is 45.2 Å². The van der Waals surface area contributed by atoms with Crippen molar-refractivity contribution >= 4 is 11.6 Å². The van der Waals surface area contributed by atoms with Gasteiger partial charge in [0.1, 0.15) is 5.69 Å². The molecule has 4 rings (SSSR count). The molecule has 2 aliphatic heterocycles. The largest absolute Gasteiger partial charge is 0.454 e. The highest BCUT2D eigenvalue weighted by atomic mass is 16.7. The van der Waals surface area contributed by atoms with Gasteiger partial charge in [0.25, 0.3) is 5.91 Å². The van der Waals surface area contributed by atoms with E-state index in [-0.39, 0.29) is 12.7 Å². The Kier molecular flexibility index (Phi) is 5.14. The minimum atomic E-state index is -0.176. The molecule has 1 amide bonds. The Bertz CT molecular complexity index is 807. The third kappa shape index (κ3) is 3.84. The van der Waals surface area contributed by atoms with E-state index >= 15 is 0 Å². The van der Waals surface area contributed by atoms with E-state index in [9.17, 15) is 4.79 Å². The van der Waals surface area contributed by atoms with Crippen LogP contribution in [0, 0.1) is 0 Å². The molecule has 0 aliphatic carbocycles. The fourth-order valence-corrected chi connectivity index (χ4v) is 3.78. The lowest BCUT2D eigenvalue weighted by Crippen LogP contribution is -2.39. The highest BCUT2D eigenvalue weighted by molar-refractivity contribution is 5.92. The van der Waals surface area contributed by atoms with Crippen LogP contribution in [0.1, 0.15) is 48.7 Å². The van der Waals surface area contributed by atoms with E-state index in [1.807, 2.05) is 36.5 Å². The zero-order valence-corrected chi connectivity index (χ0v) is 15.6. The first-order valence-corrected chi connectivity index (χ1v) is 9.64. The van der Waals surface area contributed by atoms with Gasteiger partial charge < -0.3 is 19.7 Å². The number of rotatable bonds is 5. The number of pyridine rings is 1. The average molecular weight is 367 g/mol. The standard InChI is InChI=1S/C21H25N3O3/c1-2-16-5-3-4-10-24(16)17-7-8-18(22-13-17)21(25)23-12-15-6-9-19-20(11-15)27-14-26-19/h6-9,11,13,16H,2-5,10,12,14H2,1H3,(H,23,25). The summed E-state index contributed by atoms with van der Waals surface area (Å²) < 4.78 is 10.7. The molecule has 3 heterocycles. The SMILES string of the molecule is CCC1CCCCN1c1ccc(C(=O)NCc2ccc3c(c2)OCO3)nc1. The summed E-state index contributed by atoms with van der Waals surface area (Å²) in [7, 11) is 0. The summed E-state index contributed by atoms with van der Waals surface area (Å²) in [5.41, 5.74) is 2.50. The first-order valence-electron chi connectivity index (χ1n) is 9.64. The summed E-state index contributed by atoms with van der Waals surface area (Å²) in [6.45, 7) is 3.96. The summed E-state index contributed by atoms with van der Waals surface area (Å²) in [5, 5.41) is 2.91. The van der Waals surface area contributed by atoms with Gasteiger partial charge in [-0.2, -0.15) is 0 Å². The second kappa shape index (κ2) is 7.86. The molecule has 142 valence electrons. The molecule has 0 saturated carbocycles. The zero-order chi connectivity index (χ0) is 18.6. The van der Waals surface area contributed by atoms with Crippen LogP contribution in [0.3, 0.4) is 0 Å². The van der Waals surface area contributed by atoms with Gasteiger partial charge >= 0.3 is 0 Å². The molecule has 1 aromatic heterocycles. The van der Waals surface area contributed by atoms with Gasteiger partial charge in [0, 0.05) is 19.1 Å². The molecule has 2 aromatic rings. The van der Waals surface area contributed by atoms with Crippen LogP contribution in [0.25, 0.3) is 0 Å². The van der Waals surface area contributed by atoms with Gasteiger partial charge in [0.05, 0.1) is 11.9 Å². The average Bonchev–Trinajstić information content (AvgIpc) is 3.20. The molecule has 1 unspecified atom stereocenters. The summed E-state index contributed by atoms with van der Waals surface area (Å²) in [4.78, 5) is 19.2. The van der Waals surface area contributed by atoms with E-state index in [4.69, 9.17) is 9.47 Å². The monoisotopic (exact) mass is 367 g/mol. The second-order valence-corrected chi connectivity index (χ2v) is 7.02. The van der Waals surface area contributed by atoms with Gasteiger partial charge in [-0.25, -0.2) is 4.98 Å². The number of hydrogen-bond donors (Lipinski definition) is 1. The van der Waals surface area contributed by atoms with Crippen LogP contribution in [-0.2, 0) is 6.54 Å². The smallest absolute Gasteiger partial charge is 0.270 e. The molecule has 0 radical (unpaired) electrons. The van der Waals surface area contributed by atoms with E-state index in [1.54, 1.807) is 0 Å². The number of carbonyl (C=O) groups is 1. The maximum atomic E-state index is 12.4. The van der Waals surface area contributed by atoms with Crippen LogP contribution < -0.4 is 19.7 Å². The lowest BCUT2D eigenvalue weighted by Gasteiger charge is -2.37. The minimum Gasteiger partial charge on any atom is -0.454 e. The fraction of sp³-hybridized carbons (Fsp3) is 0.429. The predicted octanol–water partition coefficient (Wildman–Crippen LogP) is 3.51. The molecule has 1 saturated heterocycles. The van der Waals surface area contributed by atoms with Crippen molar-refractivity contribution in [2.75, 3.05) is 18.2 Å². The molecule has 0 spiro atoms. The van der Waals surface area contributed by atoms with Gasteiger partial charge in [0.2, 0.25) is 6.79 Å². The Hall–Kier alpha value is -2.76. The summed E-state index contributed by atoms with van der Waals surface area (Å²) in [6, 6.07) is 10.1. The Morgan fingerprint density at radius 2 is 2.11 bits per heavy atom. The van der Waals surface area contributed by atoms with Crippen LogP contribution >= 0.6 is 0 Å². The maximum Gasteiger partial charge on any atom is 0.270 e. The summed E-state index contributed by atoms with van der Waals surface area (Å²) in [5.74, 6) is 1.28. The quantitative estimate of drug-likeness (QED) is 0.876. The number of amides is 1. The maximum absolute atomic E-state index is 12.4. The van der Waals surface area contributed by atoms with Crippen molar-refractivity contribution in [3.63, 3.8) is 0 Å². The third-order valence-electron chi connectivity index (χ3n) is 5.30. The Labute approximate surface area is 159 Å². The molecule has 6 nitrogen and oxygen atoms in total. The van der Waals surface area contributed by atoms with Crippen LogP contribution in [0.4, 0.5) is 5.69 Å². The molecular weight excluding hydrogens is 342 g/mol. The topological polar surface area (TPSA) is 63.7 Å². The number of anilines is 1. The lowest BCUT2D eigenvalue weighted by atomic mass is 9.99. The van der Waals surface area contributed by atoms with Crippen molar-refractivity contribution in [3.8, 4) is 11.5 Å². The van der Waals surface area contributed by atoms with Crippen molar-refractivity contribution in [2.24, 2.45) is 0 Å². The molecule has 27 heavy (non-hydrogen) atoms. The molecule has 6 heteroatoms. The Morgan fingerprint density at radius 3 is 2.93 bits per heavy atom. The van der Waals surface area contributed by atoms with Gasteiger partial charge in [-0.3, -0.25) is 4.79 Å². The van der Waals surface area contributed by atoms with Crippen molar-refractivity contribution in [1.29, 1.82) is 0 Å². The number of fused-ring (bicyclic) bond motifs is 1. The van der Waals surface area contributed by atoms with Crippen LogP contribution in [0.5, 0.6) is 11.5 Å². The molecular formula is C21H25N3O3. The van der Waals surface area contributed by atoms with Gasteiger partial charge in [-0.15, -0.1) is 0 Å². The van der Waals surface area contributed by atoms with Gasteiger partial charge in [-0.1, -0.05) is 13.0 Å². The van der Waals surface area contributed by atoms with Gasteiger partial charge in [-0.05, 0) is 55.5 Å². The third-order valence-corrected chi connectivity index (χ3v) is 5.30. The number of piperidine rings is 1. The molecule has 1 atom stereocenters. The highest BCUT2D eigenvalue weighted by Crippen LogP contribution is 2.32. The molecule has 1 N–H and O–H groups in total. The lowest BCUT2D eigenvalue weighted by molar-refractivity contribution is 0.0946. The van der Waals surface area contributed by atoms with Crippen molar-refractivity contribution in [3.05, 3.63) is 47.8 Å². The van der Waals surface area contributed by atoms with E-state index in [1.165, 1.54) is 19.3 Å². The molecule has 1 fully saturated rings. The number of aromatic nitrogens is 1. The number of carbonyl (C=O) groups excluding carboxylic acids is 1. The number of hydrogen-bond acceptors (Lipinski definition) is 5. The minimum absolute atomic E-state index is 0.176. The summed E-state index contributed by atoms with van der Waals surface area (Å²) >= 11 is 0. The van der Waals surface area contributed by atoms with E-state index in [0.717, 1.165) is 35.7 Å². The summed E-state index contributed by atoms with van der Waals surface area (Å²) in [6.07, 6.45) is 6.70. The van der Waals surface area contributed by atoms with Crippen LogP contribution in [0.2, 0.25) is 0 Å². The normalized spacial score (nSPS) is 18.4. The van der Waals surface area contributed by atoms with Crippen molar-refractivity contribution < 1.29 is 14.3 Å². The predicted molar refractivity (Wildman–Crippen MR) is 103 cm³/mol.